The standard InChI is InChI=1S/C13H16FN3/c1-17-7-3-4-10(17)9-16-13-6-2-5-12(14)11(13)8-15/h2,5-6,10,16H,3-4,7,9H2,1H3. The minimum absolute atomic E-state index is 0.105. The van der Waals surface area contributed by atoms with E-state index >= 15 is 0 Å². The molecule has 1 fully saturated rings. The van der Waals surface area contributed by atoms with Gasteiger partial charge >= 0.3 is 0 Å². The molecule has 1 atom stereocenters. The van der Waals surface area contributed by atoms with Gasteiger partial charge in [0.05, 0.1) is 5.69 Å². The van der Waals surface area contributed by atoms with Crippen molar-refractivity contribution in [3.8, 4) is 6.07 Å². The summed E-state index contributed by atoms with van der Waals surface area (Å²) in [5.74, 6) is -0.461. The van der Waals surface area contributed by atoms with Crippen molar-refractivity contribution in [3.63, 3.8) is 0 Å². The molecule has 0 saturated carbocycles. The molecule has 0 aliphatic carbocycles. The number of benzene rings is 1. The Balaban J connectivity index is 2.04. The van der Waals surface area contributed by atoms with Gasteiger partial charge in [-0.25, -0.2) is 4.39 Å². The van der Waals surface area contributed by atoms with E-state index in [1.54, 1.807) is 12.1 Å². The van der Waals surface area contributed by atoms with Crippen molar-refractivity contribution in [3.05, 3.63) is 29.6 Å². The van der Waals surface area contributed by atoms with E-state index in [1.807, 2.05) is 6.07 Å². The van der Waals surface area contributed by atoms with Crippen LogP contribution >= 0.6 is 0 Å². The predicted octanol–water partition coefficient (Wildman–Crippen LogP) is 2.20. The third-order valence-electron chi connectivity index (χ3n) is 3.33. The number of rotatable bonds is 3. The van der Waals surface area contributed by atoms with Crippen LogP contribution in [0.2, 0.25) is 0 Å². The lowest BCUT2D eigenvalue weighted by Crippen LogP contribution is -2.31. The summed E-state index contributed by atoms with van der Waals surface area (Å²) in [5.41, 5.74) is 0.695. The van der Waals surface area contributed by atoms with Crippen LogP contribution in [0, 0.1) is 17.1 Å². The van der Waals surface area contributed by atoms with Gasteiger partial charge in [-0.3, -0.25) is 0 Å². The van der Waals surface area contributed by atoms with Crippen molar-refractivity contribution in [1.82, 2.24) is 4.90 Å². The zero-order chi connectivity index (χ0) is 12.3. The van der Waals surface area contributed by atoms with Crippen molar-refractivity contribution in [2.24, 2.45) is 0 Å². The molecule has 1 saturated heterocycles. The summed E-state index contributed by atoms with van der Waals surface area (Å²) >= 11 is 0. The maximum absolute atomic E-state index is 13.4. The molecule has 0 amide bonds. The van der Waals surface area contributed by atoms with Gasteiger partial charge in [0.2, 0.25) is 0 Å². The van der Waals surface area contributed by atoms with Gasteiger partial charge in [0.1, 0.15) is 17.4 Å². The molecule has 4 heteroatoms. The minimum atomic E-state index is -0.461. The summed E-state index contributed by atoms with van der Waals surface area (Å²) in [4.78, 5) is 2.29. The average molecular weight is 233 g/mol. The fourth-order valence-corrected chi connectivity index (χ4v) is 2.25. The second-order valence-electron chi connectivity index (χ2n) is 4.43. The Hall–Kier alpha value is -1.60. The molecule has 17 heavy (non-hydrogen) atoms. The number of likely N-dealkylation sites (N-methyl/N-ethyl adjacent to an activating group) is 1. The lowest BCUT2D eigenvalue weighted by Gasteiger charge is -2.20. The number of nitrogens with one attached hydrogen (secondary N) is 1. The van der Waals surface area contributed by atoms with Crippen molar-refractivity contribution >= 4 is 5.69 Å². The molecule has 1 aliphatic heterocycles. The summed E-state index contributed by atoms with van der Waals surface area (Å²) in [6.07, 6.45) is 2.36. The Kier molecular flexibility index (Phi) is 3.60. The first kappa shape index (κ1) is 11.9. The third kappa shape index (κ3) is 2.56. The van der Waals surface area contributed by atoms with Gasteiger partial charge in [0.25, 0.3) is 0 Å². The van der Waals surface area contributed by atoms with Gasteiger partial charge in [-0.15, -0.1) is 0 Å². The van der Waals surface area contributed by atoms with Crippen LogP contribution in [0.15, 0.2) is 18.2 Å². The third-order valence-corrected chi connectivity index (χ3v) is 3.33. The van der Waals surface area contributed by atoms with E-state index in [2.05, 4.69) is 17.3 Å². The molecule has 1 aromatic carbocycles. The normalized spacial score (nSPS) is 20.2. The predicted molar refractivity (Wildman–Crippen MR) is 65.3 cm³/mol. The topological polar surface area (TPSA) is 39.1 Å². The molecule has 90 valence electrons. The maximum Gasteiger partial charge on any atom is 0.143 e. The summed E-state index contributed by atoms with van der Waals surface area (Å²) in [6.45, 7) is 1.87. The van der Waals surface area contributed by atoms with Crippen LogP contribution in [0.25, 0.3) is 0 Å². The van der Waals surface area contributed by atoms with E-state index in [4.69, 9.17) is 5.26 Å². The molecule has 0 aromatic heterocycles. The number of nitriles is 1. The summed E-state index contributed by atoms with van der Waals surface area (Å²) in [7, 11) is 2.09. The van der Waals surface area contributed by atoms with Gasteiger partial charge in [-0.2, -0.15) is 5.26 Å². The fourth-order valence-electron chi connectivity index (χ4n) is 2.25. The first-order valence-electron chi connectivity index (χ1n) is 5.85. The van der Waals surface area contributed by atoms with Gasteiger partial charge in [-0.05, 0) is 38.6 Å². The first-order valence-corrected chi connectivity index (χ1v) is 5.85. The van der Waals surface area contributed by atoms with Gasteiger partial charge in [0, 0.05) is 12.6 Å². The van der Waals surface area contributed by atoms with Crippen LogP contribution in [0.1, 0.15) is 18.4 Å². The number of nitrogens with zero attached hydrogens (tertiary/aromatic N) is 2. The van der Waals surface area contributed by atoms with Gasteiger partial charge < -0.3 is 10.2 Å². The van der Waals surface area contributed by atoms with Gasteiger partial charge in [-0.1, -0.05) is 6.07 Å². The molecule has 0 bridgehead atoms. The van der Waals surface area contributed by atoms with Crippen LogP contribution in [0.3, 0.4) is 0 Å². The highest BCUT2D eigenvalue weighted by atomic mass is 19.1. The number of halogens is 1. The quantitative estimate of drug-likeness (QED) is 0.870. The molecule has 1 aromatic rings. The molecule has 3 nitrogen and oxygen atoms in total. The van der Waals surface area contributed by atoms with Crippen LogP contribution < -0.4 is 5.32 Å². The highest BCUT2D eigenvalue weighted by molar-refractivity contribution is 5.57. The highest BCUT2D eigenvalue weighted by Crippen LogP contribution is 2.20. The second-order valence-corrected chi connectivity index (χ2v) is 4.43. The summed E-state index contributed by atoms with van der Waals surface area (Å²) in [5, 5.41) is 12.1. The van der Waals surface area contributed by atoms with E-state index < -0.39 is 5.82 Å². The van der Waals surface area contributed by atoms with E-state index in [0.717, 1.165) is 19.5 Å². The molecule has 0 spiro atoms. The van der Waals surface area contributed by atoms with Crippen LogP contribution in [0.5, 0.6) is 0 Å². The molecule has 0 radical (unpaired) electrons. The van der Waals surface area contributed by atoms with Crippen molar-refractivity contribution in [1.29, 1.82) is 5.26 Å². The van der Waals surface area contributed by atoms with Crippen molar-refractivity contribution < 1.29 is 4.39 Å². The lowest BCUT2D eigenvalue weighted by atomic mass is 10.1. The zero-order valence-corrected chi connectivity index (χ0v) is 9.91. The second kappa shape index (κ2) is 5.15. The Bertz CT molecular complexity index is 439. The molecule has 1 N–H and O–H groups in total. The van der Waals surface area contributed by atoms with Gasteiger partial charge in [0.15, 0.2) is 0 Å². The summed E-state index contributed by atoms with van der Waals surface area (Å²) in [6, 6.07) is 7.06. The molecular weight excluding hydrogens is 217 g/mol. The Morgan fingerprint density at radius 1 is 1.59 bits per heavy atom. The van der Waals surface area contributed by atoms with Crippen LogP contribution in [-0.2, 0) is 0 Å². The Morgan fingerprint density at radius 3 is 3.06 bits per heavy atom. The van der Waals surface area contributed by atoms with Crippen molar-refractivity contribution in [2.45, 2.75) is 18.9 Å². The largest absolute Gasteiger partial charge is 0.382 e. The molecule has 2 rings (SSSR count). The summed E-state index contributed by atoms with van der Waals surface area (Å²) < 4.78 is 13.4. The number of hydrogen-bond donors (Lipinski definition) is 1. The molecule has 1 heterocycles. The minimum Gasteiger partial charge on any atom is -0.382 e. The Morgan fingerprint density at radius 2 is 2.41 bits per heavy atom. The van der Waals surface area contributed by atoms with Crippen LogP contribution in [-0.4, -0.2) is 31.1 Å². The van der Waals surface area contributed by atoms with E-state index in [1.165, 1.54) is 12.5 Å². The molecule has 1 aliphatic rings. The van der Waals surface area contributed by atoms with E-state index in [0.29, 0.717) is 11.7 Å². The Labute approximate surface area is 101 Å². The number of hydrogen-bond acceptors (Lipinski definition) is 3. The average Bonchev–Trinajstić information content (AvgIpc) is 2.72. The number of anilines is 1. The van der Waals surface area contributed by atoms with Crippen LogP contribution in [0.4, 0.5) is 10.1 Å². The monoisotopic (exact) mass is 233 g/mol. The first-order chi connectivity index (χ1) is 8.22. The van der Waals surface area contributed by atoms with E-state index in [9.17, 15) is 4.39 Å². The fraction of sp³-hybridized carbons (Fsp3) is 0.462. The highest BCUT2D eigenvalue weighted by Gasteiger charge is 2.20. The lowest BCUT2D eigenvalue weighted by molar-refractivity contribution is 0.322. The molecule has 1 unspecified atom stereocenters. The zero-order valence-electron chi connectivity index (χ0n) is 9.91. The maximum atomic E-state index is 13.4. The smallest absolute Gasteiger partial charge is 0.143 e. The molecular formula is C13H16FN3. The number of likely N-dealkylation sites (tertiary alicyclic amines) is 1. The SMILES string of the molecule is CN1CCCC1CNc1cccc(F)c1C#N. The van der Waals surface area contributed by atoms with Crippen molar-refractivity contribution in [2.75, 3.05) is 25.5 Å². The van der Waals surface area contributed by atoms with E-state index in [-0.39, 0.29) is 5.56 Å².